The maximum Gasteiger partial charge on any atom is 0.0675 e. The molecule has 0 aliphatic heterocycles. The molecule has 1 saturated carbocycles. The Bertz CT molecular complexity index is 167. The Balaban J connectivity index is 2.56. The minimum atomic E-state index is -0.182. The van der Waals surface area contributed by atoms with Gasteiger partial charge < -0.3 is 9.84 Å². The van der Waals surface area contributed by atoms with Crippen LogP contribution in [0.1, 0.15) is 40.0 Å². The fourth-order valence-corrected chi connectivity index (χ4v) is 2.32. The van der Waals surface area contributed by atoms with Crippen LogP contribution in [0.2, 0.25) is 0 Å². The third-order valence-electron chi connectivity index (χ3n) is 3.49. The lowest BCUT2D eigenvalue weighted by Gasteiger charge is -2.41. The van der Waals surface area contributed by atoms with E-state index in [0.717, 1.165) is 19.3 Å². The molecule has 1 N–H and O–H groups in total. The number of aliphatic hydroxyl groups excluding tert-OH is 1. The number of ether oxygens (including phenoxy) is 1. The molecule has 0 heterocycles. The van der Waals surface area contributed by atoms with E-state index >= 15 is 0 Å². The molecule has 1 fully saturated rings. The van der Waals surface area contributed by atoms with E-state index in [1.54, 1.807) is 7.11 Å². The molecule has 1 aliphatic carbocycles. The van der Waals surface area contributed by atoms with Gasteiger partial charge in [0.05, 0.1) is 11.7 Å². The predicted octanol–water partition coefficient (Wildman–Crippen LogP) is 2.21. The first kappa shape index (κ1) is 11.0. The fourth-order valence-electron chi connectivity index (χ4n) is 2.32. The van der Waals surface area contributed by atoms with Crippen molar-refractivity contribution in [2.45, 2.75) is 51.7 Å². The van der Waals surface area contributed by atoms with E-state index in [1.807, 2.05) is 0 Å². The Morgan fingerprint density at radius 3 is 2.46 bits per heavy atom. The standard InChI is InChI=1S/C11H22O2/c1-8(2)9-5-6-11(3,13-4)7-10(9)12/h8-10,12H,5-7H2,1-4H3. The molecule has 0 bridgehead atoms. The molecule has 3 unspecified atom stereocenters. The zero-order chi connectivity index (χ0) is 10.1. The Hall–Kier alpha value is -0.0800. The maximum atomic E-state index is 9.93. The molecule has 0 radical (unpaired) electrons. The first-order chi connectivity index (χ1) is 5.98. The molecule has 1 aliphatic rings. The molecule has 0 aromatic rings. The summed E-state index contributed by atoms with van der Waals surface area (Å²) in [6.07, 6.45) is 2.76. The quantitative estimate of drug-likeness (QED) is 0.716. The van der Waals surface area contributed by atoms with Gasteiger partial charge in [-0.15, -0.1) is 0 Å². The van der Waals surface area contributed by atoms with Crippen molar-refractivity contribution in [1.29, 1.82) is 0 Å². The first-order valence-corrected chi connectivity index (χ1v) is 5.22. The molecule has 0 saturated heterocycles. The molecule has 0 aromatic carbocycles. The second-order valence-corrected chi connectivity index (χ2v) is 4.87. The summed E-state index contributed by atoms with van der Waals surface area (Å²) in [7, 11) is 1.74. The molecule has 2 nitrogen and oxygen atoms in total. The molecule has 0 amide bonds. The molecule has 13 heavy (non-hydrogen) atoms. The van der Waals surface area contributed by atoms with E-state index in [9.17, 15) is 5.11 Å². The van der Waals surface area contributed by atoms with Crippen LogP contribution in [0.4, 0.5) is 0 Å². The number of hydrogen-bond donors (Lipinski definition) is 1. The van der Waals surface area contributed by atoms with Gasteiger partial charge in [0.15, 0.2) is 0 Å². The van der Waals surface area contributed by atoms with Crippen molar-refractivity contribution >= 4 is 0 Å². The third-order valence-corrected chi connectivity index (χ3v) is 3.49. The molecular formula is C11H22O2. The van der Waals surface area contributed by atoms with Crippen LogP contribution in [-0.4, -0.2) is 23.9 Å². The summed E-state index contributed by atoms with van der Waals surface area (Å²) in [6, 6.07) is 0. The summed E-state index contributed by atoms with van der Waals surface area (Å²) < 4.78 is 5.42. The summed E-state index contributed by atoms with van der Waals surface area (Å²) in [4.78, 5) is 0. The summed E-state index contributed by atoms with van der Waals surface area (Å²) in [5, 5.41) is 9.93. The van der Waals surface area contributed by atoms with Crippen LogP contribution in [0.5, 0.6) is 0 Å². The van der Waals surface area contributed by atoms with Gasteiger partial charge in [0.25, 0.3) is 0 Å². The number of hydrogen-bond acceptors (Lipinski definition) is 2. The van der Waals surface area contributed by atoms with Gasteiger partial charge in [0.2, 0.25) is 0 Å². The van der Waals surface area contributed by atoms with E-state index in [0.29, 0.717) is 11.8 Å². The van der Waals surface area contributed by atoms with Gasteiger partial charge in [-0.05, 0) is 31.6 Å². The predicted molar refractivity (Wildman–Crippen MR) is 53.6 cm³/mol. The van der Waals surface area contributed by atoms with E-state index < -0.39 is 0 Å². The smallest absolute Gasteiger partial charge is 0.0675 e. The van der Waals surface area contributed by atoms with Gasteiger partial charge in [0.1, 0.15) is 0 Å². The maximum absolute atomic E-state index is 9.93. The topological polar surface area (TPSA) is 29.5 Å². The molecular weight excluding hydrogens is 164 g/mol. The van der Waals surface area contributed by atoms with Crippen molar-refractivity contribution in [2.75, 3.05) is 7.11 Å². The van der Waals surface area contributed by atoms with Crippen LogP contribution in [0.25, 0.3) is 0 Å². The first-order valence-electron chi connectivity index (χ1n) is 5.22. The molecule has 1 rings (SSSR count). The zero-order valence-electron chi connectivity index (χ0n) is 9.21. The summed E-state index contributed by atoms with van der Waals surface area (Å²) in [6.45, 7) is 6.46. The van der Waals surface area contributed by atoms with Gasteiger partial charge in [-0.2, -0.15) is 0 Å². The highest BCUT2D eigenvalue weighted by Gasteiger charge is 2.37. The van der Waals surface area contributed by atoms with E-state index in [1.165, 1.54) is 0 Å². The van der Waals surface area contributed by atoms with Gasteiger partial charge >= 0.3 is 0 Å². The summed E-state index contributed by atoms with van der Waals surface area (Å²) in [5.74, 6) is 1.04. The van der Waals surface area contributed by atoms with Crippen molar-refractivity contribution in [3.63, 3.8) is 0 Å². The largest absolute Gasteiger partial charge is 0.393 e. The van der Waals surface area contributed by atoms with Crippen LogP contribution in [0.15, 0.2) is 0 Å². The van der Waals surface area contributed by atoms with E-state index in [2.05, 4.69) is 20.8 Å². The second-order valence-electron chi connectivity index (χ2n) is 4.87. The fraction of sp³-hybridized carbons (Fsp3) is 1.00. The molecule has 2 heteroatoms. The lowest BCUT2D eigenvalue weighted by atomic mass is 9.73. The van der Waals surface area contributed by atoms with Crippen LogP contribution in [-0.2, 0) is 4.74 Å². The normalized spacial score (nSPS) is 41.1. The Morgan fingerprint density at radius 1 is 1.46 bits per heavy atom. The average Bonchev–Trinajstić information content (AvgIpc) is 2.03. The third kappa shape index (κ3) is 2.44. The van der Waals surface area contributed by atoms with Gasteiger partial charge in [0, 0.05) is 13.5 Å². The van der Waals surface area contributed by atoms with E-state index in [4.69, 9.17) is 4.74 Å². The zero-order valence-corrected chi connectivity index (χ0v) is 9.21. The highest BCUT2D eigenvalue weighted by Crippen LogP contribution is 2.37. The van der Waals surface area contributed by atoms with Gasteiger partial charge in [-0.1, -0.05) is 13.8 Å². The van der Waals surface area contributed by atoms with Gasteiger partial charge in [-0.3, -0.25) is 0 Å². The number of aliphatic hydroxyl groups is 1. The van der Waals surface area contributed by atoms with Crippen molar-refractivity contribution in [2.24, 2.45) is 11.8 Å². The average molecular weight is 186 g/mol. The van der Waals surface area contributed by atoms with Crippen LogP contribution in [0.3, 0.4) is 0 Å². The Kier molecular flexibility index (Phi) is 3.36. The van der Waals surface area contributed by atoms with E-state index in [-0.39, 0.29) is 11.7 Å². The summed E-state index contributed by atoms with van der Waals surface area (Å²) >= 11 is 0. The molecule has 0 aromatic heterocycles. The highest BCUT2D eigenvalue weighted by atomic mass is 16.5. The summed E-state index contributed by atoms with van der Waals surface area (Å²) in [5.41, 5.74) is -0.0925. The van der Waals surface area contributed by atoms with Crippen molar-refractivity contribution < 1.29 is 9.84 Å². The lowest BCUT2D eigenvalue weighted by molar-refractivity contribution is -0.0908. The Morgan fingerprint density at radius 2 is 2.08 bits per heavy atom. The van der Waals surface area contributed by atoms with Crippen LogP contribution in [0, 0.1) is 11.8 Å². The van der Waals surface area contributed by atoms with Crippen molar-refractivity contribution in [3.8, 4) is 0 Å². The van der Waals surface area contributed by atoms with Gasteiger partial charge in [-0.25, -0.2) is 0 Å². The molecule has 3 atom stereocenters. The van der Waals surface area contributed by atoms with Crippen LogP contribution < -0.4 is 0 Å². The number of rotatable bonds is 2. The highest BCUT2D eigenvalue weighted by molar-refractivity contribution is 4.89. The SMILES string of the molecule is COC1(C)CCC(C(C)C)C(O)C1. The molecule has 0 spiro atoms. The minimum absolute atomic E-state index is 0.0925. The van der Waals surface area contributed by atoms with Crippen molar-refractivity contribution in [1.82, 2.24) is 0 Å². The van der Waals surface area contributed by atoms with Crippen molar-refractivity contribution in [3.05, 3.63) is 0 Å². The lowest BCUT2D eigenvalue weighted by Crippen LogP contribution is -2.42. The molecule has 78 valence electrons. The number of methoxy groups -OCH3 is 1. The monoisotopic (exact) mass is 186 g/mol. The van der Waals surface area contributed by atoms with Crippen LogP contribution >= 0.6 is 0 Å². The minimum Gasteiger partial charge on any atom is -0.393 e. The second kappa shape index (κ2) is 3.97. The Labute approximate surface area is 81.3 Å².